The maximum absolute atomic E-state index is 11.7. The average Bonchev–Trinajstić information content (AvgIpc) is 2.69. The van der Waals surface area contributed by atoms with Crippen LogP contribution in [0.2, 0.25) is 0 Å². The predicted molar refractivity (Wildman–Crippen MR) is 64.9 cm³/mol. The lowest BCUT2D eigenvalue weighted by molar-refractivity contribution is 0.0456. The molecule has 0 bridgehead atoms. The third-order valence-electron chi connectivity index (χ3n) is 3.07. The number of carbonyl (C=O) groups excluding carboxylic acids is 1. The zero-order valence-electron chi connectivity index (χ0n) is 9.51. The zero-order valence-corrected chi connectivity index (χ0v) is 9.51. The molecule has 0 fully saturated rings. The largest absolute Gasteiger partial charge is 0.449 e. The van der Waals surface area contributed by atoms with Crippen LogP contribution in [0.1, 0.15) is 33.2 Å². The third-order valence-corrected chi connectivity index (χ3v) is 3.07. The molecule has 0 saturated carbocycles. The van der Waals surface area contributed by atoms with Crippen LogP contribution in [-0.4, -0.2) is 5.97 Å². The van der Waals surface area contributed by atoms with Gasteiger partial charge in [0, 0.05) is 5.56 Å². The van der Waals surface area contributed by atoms with E-state index in [1.807, 2.05) is 55.5 Å². The van der Waals surface area contributed by atoms with Crippen molar-refractivity contribution in [2.75, 3.05) is 0 Å². The van der Waals surface area contributed by atoms with E-state index in [1.165, 1.54) is 5.56 Å². The maximum atomic E-state index is 11.7. The fraction of sp³-hybridized carbons (Fsp3) is 0.133. The Morgan fingerprint density at radius 1 is 1.00 bits per heavy atom. The van der Waals surface area contributed by atoms with Gasteiger partial charge in [0.25, 0.3) is 0 Å². The Bertz CT molecular complexity index is 570. The molecule has 84 valence electrons. The van der Waals surface area contributed by atoms with Crippen LogP contribution < -0.4 is 0 Å². The molecule has 1 aliphatic rings. The van der Waals surface area contributed by atoms with Gasteiger partial charge in [0.15, 0.2) is 6.10 Å². The lowest BCUT2D eigenvalue weighted by Crippen LogP contribution is -2.00. The van der Waals surface area contributed by atoms with E-state index in [1.54, 1.807) is 0 Å². The van der Waals surface area contributed by atoms with E-state index in [9.17, 15) is 4.79 Å². The second-order valence-electron chi connectivity index (χ2n) is 4.28. The fourth-order valence-corrected chi connectivity index (χ4v) is 2.13. The van der Waals surface area contributed by atoms with Gasteiger partial charge in [-0.05, 0) is 18.6 Å². The molecule has 2 nitrogen and oxygen atoms in total. The van der Waals surface area contributed by atoms with Gasteiger partial charge in [-0.2, -0.15) is 0 Å². The highest BCUT2D eigenvalue weighted by Crippen LogP contribution is 2.35. The van der Waals surface area contributed by atoms with Crippen LogP contribution in [0.15, 0.2) is 48.5 Å². The van der Waals surface area contributed by atoms with E-state index in [4.69, 9.17) is 4.74 Å². The first-order valence-corrected chi connectivity index (χ1v) is 5.62. The van der Waals surface area contributed by atoms with Gasteiger partial charge in [0.2, 0.25) is 0 Å². The van der Waals surface area contributed by atoms with E-state index in [0.717, 1.165) is 11.1 Å². The molecule has 2 aromatic rings. The molecule has 1 heterocycles. The number of cyclic esters (lactones) is 1. The number of ether oxygens (including phenoxy) is 1. The van der Waals surface area contributed by atoms with Gasteiger partial charge >= 0.3 is 5.97 Å². The Kier molecular flexibility index (Phi) is 2.22. The van der Waals surface area contributed by atoms with Gasteiger partial charge in [-0.25, -0.2) is 4.79 Å². The van der Waals surface area contributed by atoms with E-state index in [2.05, 4.69) is 0 Å². The number of hydrogen-bond donors (Lipinski definition) is 0. The summed E-state index contributed by atoms with van der Waals surface area (Å²) >= 11 is 0. The van der Waals surface area contributed by atoms with Crippen molar-refractivity contribution >= 4 is 5.97 Å². The Hall–Kier alpha value is -2.09. The van der Waals surface area contributed by atoms with Gasteiger partial charge in [0.1, 0.15) is 0 Å². The Balaban J connectivity index is 2.07. The zero-order chi connectivity index (χ0) is 11.8. The van der Waals surface area contributed by atoms with Crippen LogP contribution in [0.5, 0.6) is 0 Å². The summed E-state index contributed by atoms with van der Waals surface area (Å²) in [7, 11) is 0. The second-order valence-corrected chi connectivity index (χ2v) is 4.28. The highest BCUT2D eigenvalue weighted by molar-refractivity contribution is 5.94. The SMILES string of the molecule is Cc1ccc([C@H]2OC(=O)c3ccccc32)cc1. The van der Waals surface area contributed by atoms with Crippen LogP contribution in [0.3, 0.4) is 0 Å². The van der Waals surface area contributed by atoms with Crippen molar-refractivity contribution in [3.05, 3.63) is 70.8 Å². The molecule has 0 saturated heterocycles. The summed E-state index contributed by atoms with van der Waals surface area (Å²) in [6, 6.07) is 15.6. The van der Waals surface area contributed by atoms with Gasteiger partial charge in [-0.3, -0.25) is 0 Å². The molecular formula is C15H12O2. The standard InChI is InChI=1S/C15H12O2/c1-10-6-8-11(9-7-10)14-12-4-2-3-5-13(12)15(16)17-14/h2-9,14H,1H3/t14-/m1/s1. The first kappa shape index (κ1) is 10.1. The number of rotatable bonds is 1. The summed E-state index contributed by atoms with van der Waals surface area (Å²) in [4.78, 5) is 11.7. The first-order chi connectivity index (χ1) is 8.25. The number of fused-ring (bicyclic) bond motifs is 1. The van der Waals surface area contributed by atoms with Crippen molar-refractivity contribution in [3.63, 3.8) is 0 Å². The van der Waals surface area contributed by atoms with Gasteiger partial charge in [-0.1, -0.05) is 48.0 Å². The molecule has 0 spiro atoms. The fourth-order valence-electron chi connectivity index (χ4n) is 2.13. The minimum atomic E-state index is -0.251. The van der Waals surface area contributed by atoms with E-state index in [0.29, 0.717) is 5.56 Å². The average molecular weight is 224 g/mol. The molecule has 2 heteroatoms. The number of aryl methyl sites for hydroxylation is 1. The van der Waals surface area contributed by atoms with Crippen LogP contribution in [-0.2, 0) is 4.74 Å². The normalized spacial score (nSPS) is 17.7. The monoisotopic (exact) mass is 224 g/mol. The van der Waals surface area contributed by atoms with Gasteiger partial charge in [-0.15, -0.1) is 0 Å². The lowest BCUT2D eigenvalue weighted by atomic mass is 9.99. The first-order valence-electron chi connectivity index (χ1n) is 5.62. The quantitative estimate of drug-likeness (QED) is 0.695. The predicted octanol–water partition coefficient (Wildman–Crippen LogP) is 3.25. The number of esters is 1. The van der Waals surface area contributed by atoms with Crippen LogP contribution in [0.25, 0.3) is 0 Å². The minimum Gasteiger partial charge on any atom is -0.449 e. The molecule has 0 aliphatic carbocycles. The summed E-state index contributed by atoms with van der Waals surface area (Å²) in [5, 5.41) is 0. The molecular weight excluding hydrogens is 212 g/mol. The summed E-state index contributed by atoms with van der Waals surface area (Å²) in [6.07, 6.45) is -0.251. The number of carbonyl (C=O) groups is 1. The van der Waals surface area contributed by atoms with Crippen LogP contribution >= 0.6 is 0 Å². The molecule has 1 atom stereocenters. The molecule has 17 heavy (non-hydrogen) atoms. The smallest absolute Gasteiger partial charge is 0.339 e. The maximum Gasteiger partial charge on any atom is 0.339 e. The minimum absolute atomic E-state index is 0.230. The molecule has 0 aromatic heterocycles. The number of benzene rings is 2. The summed E-state index contributed by atoms with van der Waals surface area (Å²) in [5.74, 6) is -0.230. The van der Waals surface area contributed by atoms with Crippen molar-refractivity contribution < 1.29 is 9.53 Å². The highest BCUT2D eigenvalue weighted by Gasteiger charge is 2.31. The topological polar surface area (TPSA) is 26.3 Å². The lowest BCUT2D eigenvalue weighted by Gasteiger charge is -2.11. The van der Waals surface area contributed by atoms with E-state index in [-0.39, 0.29) is 12.1 Å². The van der Waals surface area contributed by atoms with Crippen molar-refractivity contribution in [1.82, 2.24) is 0 Å². The van der Waals surface area contributed by atoms with Crippen molar-refractivity contribution in [1.29, 1.82) is 0 Å². The molecule has 2 aromatic carbocycles. The summed E-state index contributed by atoms with van der Waals surface area (Å²) in [6.45, 7) is 2.04. The van der Waals surface area contributed by atoms with Crippen LogP contribution in [0.4, 0.5) is 0 Å². The molecule has 1 aliphatic heterocycles. The van der Waals surface area contributed by atoms with Crippen LogP contribution in [0, 0.1) is 6.92 Å². The molecule has 3 rings (SSSR count). The van der Waals surface area contributed by atoms with Gasteiger partial charge < -0.3 is 4.74 Å². The van der Waals surface area contributed by atoms with Crippen molar-refractivity contribution in [2.24, 2.45) is 0 Å². The second kappa shape index (κ2) is 3.74. The molecule has 0 amide bonds. The summed E-state index contributed by atoms with van der Waals surface area (Å²) < 4.78 is 5.42. The van der Waals surface area contributed by atoms with E-state index < -0.39 is 0 Å². The Labute approximate surface area is 99.9 Å². The van der Waals surface area contributed by atoms with Crippen molar-refractivity contribution in [3.8, 4) is 0 Å². The third kappa shape index (κ3) is 1.62. The van der Waals surface area contributed by atoms with E-state index >= 15 is 0 Å². The Morgan fingerprint density at radius 2 is 1.71 bits per heavy atom. The molecule has 0 radical (unpaired) electrons. The van der Waals surface area contributed by atoms with Gasteiger partial charge in [0.05, 0.1) is 5.56 Å². The molecule has 0 unspecified atom stereocenters. The molecule has 0 N–H and O–H groups in total. The summed E-state index contributed by atoms with van der Waals surface area (Å²) in [5.41, 5.74) is 3.86. The highest BCUT2D eigenvalue weighted by atomic mass is 16.5. The number of hydrogen-bond acceptors (Lipinski definition) is 2. The Morgan fingerprint density at radius 3 is 2.47 bits per heavy atom. The van der Waals surface area contributed by atoms with Crippen molar-refractivity contribution in [2.45, 2.75) is 13.0 Å².